The molecule has 9 heteroatoms. The average molecular weight is 476 g/mol. The minimum atomic E-state index is -0.219. The van der Waals surface area contributed by atoms with Crippen molar-refractivity contribution in [2.75, 3.05) is 16.9 Å². The molecule has 0 saturated carbocycles. The molecule has 0 aliphatic rings. The van der Waals surface area contributed by atoms with E-state index in [-0.39, 0.29) is 17.1 Å². The van der Waals surface area contributed by atoms with Crippen LogP contribution in [-0.4, -0.2) is 26.5 Å². The van der Waals surface area contributed by atoms with Crippen molar-refractivity contribution in [3.63, 3.8) is 0 Å². The number of carbonyl (C=O) groups excluding carboxylic acids is 1. The van der Waals surface area contributed by atoms with Crippen LogP contribution < -0.4 is 15.9 Å². The Morgan fingerprint density at radius 3 is 2.24 bits per heavy atom. The van der Waals surface area contributed by atoms with Crippen LogP contribution in [-0.2, 0) is 10.2 Å². The number of benzene rings is 2. The minimum absolute atomic E-state index is 0.156. The molecular formula is C20H22BrN5O2S. The third-order valence-electron chi connectivity index (χ3n) is 3.86. The van der Waals surface area contributed by atoms with E-state index >= 15 is 0 Å². The number of hydrogen-bond acceptors (Lipinski definition) is 6. The summed E-state index contributed by atoms with van der Waals surface area (Å²) in [5, 5.41) is 11.5. The third-order valence-corrected chi connectivity index (χ3v) is 5.33. The molecule has 1 aromatic heterocycles. The number of nitrogens with two attached hydrogens (primary N) is 1. The van der Waals surface area contributed by atoms with Gasteiger partial charge in [0.15, 0.2) is 5.82 Å². The summed E-state index contributed by atoms with van der Waals surface area (Å²) in [6.07, 6.45) is 0. The van der Waals surface area contributed by atoms with Crippen LogP contribution in [0.25, 0.3) is 0 Å². The van der Waals surface area contributed by atoms with E-state index in [9.17, 15) is 4.79 Å². The lowest BCUT2D eigenvalue weighted by Gasteiger charge is -2.16. The summed E-state index contributed by atoms with van der Waals surface area (Å²) in [5.41, 5.74) is 0.464. The highest BCUT2D eigenvalue weighted by molar-refractivity contribution is 9.10. The highest BCUT2D eigenvalue weighted by Gasteiger charge is 2.23. The largest absolute Gasteiger partial charge is 0.457 e. The Labute approximate surface area is 182 Å². The number of thioether (sulfide) groups is 1. The van der Waals surface area contributed by atoms with Gasteiger partial charge in [0, 0.05) is 15.6 Å². The maximum Gasteiger partial charge on any atom is 0.234 e. The van der Waals surface area contributed by atoms with Crippen molar-refractivity contribution in [1.29, 1.82) is 0 Å². The Morgan fingerprint density at radius 1 is 1.10 bits per heavy atom. The van der Waals surface area contributed by atoms with Gasteiger partial charge in [-0.15, -0.1) is 10.2 Å². The number of hydrogen-bond donors (Lipinski definition) is 2. The summed E-state index contributed by atoms with van der Waals surface area (Å²) in [6, 6.07) is 14.8. The molecule has 3 rings (SSSR count). The number of nitrogens with one attached hydrogen (secondary N) is 1. The molecule has 0 bridgehead atoms. The van der Waals surface area contributed by atoms with Gasteiger partial charge in [0.05, 0.1) is 5.75 Å². The number of nitrogen functional groups attached to an aromatic ring is 1. The molecule has 3 aromatic rings. The first-order chi connectivity index (χ1) is 13.7. The summed E-state index contributed by atoms with van der Waals surface area (Å²) < 4.78 is 8.20. The molecule has 3 N–H and O–H groups in total. The highest BCUT2D eigenvalue weighted by Crippen LogP contribution is 2.25. The van der Waals surface area contributed by atoms with E-state index < -0.39 is 0 Å². The fraction of sp³-hybridized carbons (Fsp3) is 0.250. The maximum absolute atomic E-state index is 12.2. The van der Waals surface area contributed by atoms with Crippen molar-refractivity contribution in [1.82, 2.24) is 14.9 Å². The van der Waals surface area contributed by atoms with E-state index in [1.807, 2.05) is 45.0 Å². The Balaban J connectivity index is 1.53. The molecule has 1 amide bonds. The molecule has 152 valence electrons. The van der Waals surface area contributed by atoms with Crippen LogP contribution >= 0.6 is 27.7 Å². The van der Waals surface area contributed by atoms with Crippen molar-refractivity contribution in [3.8, 4) is 11.5 Å². The van der Waals surface area contributed by atoms with Crippen molar-refractivity contribution in [3.05, 3.63) is 58.8 Å². The Kier molecular flexibility index (Phi) is 6.49. The second kappa shape index (κ2) is 8.87. The Morgan fingerprint density at radius 2 is 1.69 bits per heavy atom. The number of amides is 1. The molecule has 0 atom stereocenters. The lowest BCUT2D eigenvalue weighted by atomic mass is 9.96. The summed E-state index contributed by atoms with van der Waals surface area (Å²) in [7, 11) is 0. The van der Waals surface area contributed by atoms with Crippen LogP contribution in [0.4, 0.5) is 5.69 Å². The van der Waals surface area contributed by atoms with E-state index in [0.29, 0.717) is 22.4 Å². The first-order valence-electron chi connectivity index (χ1n) is 8.89. The van der Waals surface area contributed by atoms with Gasteiger partial charge in [0.1, 0.15) is 11.5 Å². The zero-order valence-electron chi connectivity index (χ0n) is 16.3. The van der Waals surface area contributed by atoms with E-state index in [4.69, 9.17) is 10.6 Å². The van der Waals surface area contributed by atoms with Gasteiger partial charge in [-0.1, -0.05) is 48.5 Å². The first-order valence-corrected chi connectivity index (χ1v) is 10.7. The van der Waals surface area contributed by atoms with Gasteiger partial charge >= 0.3 is 0 Å². The maximum atomic E-state index is 12.2. The topological polar surface area (TPSA) is 95.1 Å². The summed E-state index contributed by atoms with van der Waals surface area (Å²) in [6.45, 7) is 6.02. The smallest absolute Gasteiger partial charge is 0.234 e. The number of anilines is 1. The van der Waals surface area contributed by atoms with Crippen molar-refractivity contribution in [2.24, 2.45) is 0 Å². The second-order valence-electron chi connectivity index (χ2n) is 7.34. The van der Waals surface area contributed by atoms with Gasteiger partial charge in [-0.2, -0.15) is 0 Å². The van der Waals surface area contributed by atoms with E-state index in [1.54, 1.807) is 24.3 Å². The predicted octanol–water partition coefficient (Wildman–Crippen LogP) is 4.58. The second-order valence-corrected chi connectivity index (χ2v) is 9.20. The van der Waals surface area contributed by atoms with E-state index in [1.165, 1.54) is 16.4 Å². The summed E-state index contributed by atoms with van der Waals surface area (Å²) in [4.78, 5) is 12.2. The van der Waals surface area contributed by atoms with E-state index in [0.717, 1.165) is 10.2 Å². The van der Waals surface area contributed by atoms with Crippen molar-refractivity contribution >= 4 is 39.3 Å². The predicted molar refractivity (Wildman–Crippen MR) is 119 cm³/mol. The van der Waals surface area contributed by atoms with Crippen molar-refractivity contribution in [2.45, 2.75) is 31.3 Å². The number of rotatable bonds is 6. The number of aromatic nitrogens is 3. The first kappa shape index (κ1) is 21.2. The molecule has 0 spiro atoms. The Hall–Kier alpha value is -2.52. The molecule has 0 saturated heterocycles. The summed E-state index contributed by atoms with van der Waals surface area (Å²) >= 11 is 4.63. The van der Waals surface area contributed by atoms with Crippen molar-refractivity contribution < 1.29 is 9.53 Å². The lowest BCUT2D eigenvalue weighted by Crippen LogP contribution is -2.24. The zero-order valence-corrected chi connectivity index (χ0v) is 18.8. The lowest BCUT2D eigenvalue weighted by molar-refractivity contribution is -0.113. The summed E-state index contributed by atoms with van der Waals surface area (Å²) in [5.74, 6) is 8.15. The van der Waals surface area contributed by atoms with Gasteiger partial charge in [0.2, 0.25) is 11.1 Å². The Bertz CT molecular complexity index is 982. The molecule has 0 radical (unpaired) electrons. The standard InChI is InChI=1S/C20H22BrN5O2S/c1-20(2,3)18-24-25-19(26(18)22)29-12-17(27)23-14-6-10-16(11-7-14)28-15-8-4-13(21)5-9-15/h4-11H,12,22H2,1-3H3,(H,23,27). The molecule has 2 aromatic carbocycles. The quantitative estimate of drug-likeness (QED) is 0.400. The van der Waals surface area contributed by atoms with Gasteiger partial charge in [-0.05, 0) is 48.5 Å². The molecule has 0 fully saturated rings. The minimum Gasteiger partial charge on any atom is -0.457 e. The monoisotopic (exact) mass is 475 g/mol. The average Bonchev–Trinajstić information content (AvgIpc) is 3.04. The number of nitrogens with zero attached hydrogens (tertiary/aromatic N) is 3. The molecule has 7 nitrogen and oxygen atoms in total. The molecule has 29 heavy (non-hydrogen) atoms. The number of halogens is 1. The third kappa shape index (κ3) is 5.74. The van der Waals surface area contributed by atoms with Gasteiger partial charge in [-0.3, -0.25) is 4.79 Å². The SMILES string of the molecule is CC(C)(C)c1nnc(SCC(=O)Nc2ccc(Oc3ccc(Br)cc3)cc2)n1N. The van der Waals surface area contributed by atoms with Crippen LogP contribution in [0.1, 0.15) is 26.6 Å². The van der Waals surface area contributed by atoms with Gasteiger partial charge < -0.3 is 15.9 Å². The van der Waals surface area contributed by atoms with Gasteiger partial charge in [-0.25, -0.2) is 4.68 Å². The zero-order chi connectivity index (χ0) is 21.0. The molecule has 0 unspecified atom stereocenters. The number of carbonyl (C=O) groups is 1. The van der Waals surface area contributed by atoms with E-state index in [2.05, 4.69) is 31.4 Å². The normalized spacial score (nSPS) is 11.3. The van der Waals surface area contributed by atoms with Crippen LogP contribution in [0.15, 0.2) is 58.2 Å². The molecular weight excluding hydrogens is 454 g/mol. The molecule has 1 heterocycles. The molecule has 0 aliphatic carbocycles. The van der Waals surface area contributed by atoms with Crippen LogP contribution in [0.3, 0.4) is 0 Å². The number of ether oxygens (including phenoxy) is 1. The molecule has 0 aliphatic heterocycles. The van der Waals surface area contributed by atoms with Crippen LogP contribution in [0, 0.1) is 0 Å². The van der Waals surface area contributed by atoms with Crippen LogP contribution in [0.5, 0.6) is 11.5 Å². The van der Waals surface area contributed by atoms with Crippen LogP contribution in [0.2, 0.25) is 0 Å². The van der Waals surface area contributed by atoms with Gasteiger partial charge in [0.25, 0.3) is 0 Å². The fourth-order valence-electron chi connectivity index (χ4n) is 2.46. The highest BCUT2D eigenvalue weighted by atomic mass is 79.9. The fourth-order valence-corrected chi connectivity index (χ4v) is 3.38.